The minimum absolute atomic E-state index is 0.0789. The molecule has 3 N–H and O–H groups in total. The molecule has 0 spiro atoms. The van der Waals surface area contributed by atoms with E-state index in [0.717, 1.165) is 44.3 Å². The Bertz CT molecular complexity index is 464. The molecule has 1 aromatic rings. The summed E-state index contributed by atoms with van der Waals surface area (Å²) in [6.07, 6.45) is 7.88. The fourth-order valence-corrected chi connectivity index (χ4v) is 2.56. The zero-order valence-corrected chi connectivity index (χ0v) is 11.0. The van der Waals surface area contributed by atoms with Crippen LogP contribution in [0.4, 0.5) is 0 Å². The smallest absolute Gasteiger partial charge is 0.270 e. The van der Waals surface area contributed by atoms with E-state index in [9.17, 15) is 4.79 Å². The average molecular weight is 260 g/mol. The van der Waals surface area contributed by atoms with E-state index in [4.69, 9.17) is 5.73 Å². The van der Waals surface area contributed by atoms with Crippen molar-refractivity contribution in [2.75, 3.05) is 0 Å². The molecule has 1 heterocycles. The molecule has 1 aromatic heterocycles. The number of nitrogens with two attached hydrogens (primary N) is 1. The number of nitrogens with zero attached hydrogens (tertiary/aromatic N) is 2. The molecular formula is C14H20N4O. The third-order valence-corrected chi connectivity index (χ3v) is 3.96. The molecule has 5 nitrogen and oxygen atoms in total. The van der Waals surface area contributed by atoms with Crippen LogP contribution in [-0.4, -0.2) is 28.0 Å². The molecule has 5 heteroatoms. The predicted octanol–water partition coefficient (Wildman–Crippen LogP) is 1.35. The van der Waals surface area contributed by atoms with Gasteiger partial charge in [0.2, 0.25) is 0 Å². The van der Waals surface area contributed by atoms with Crippen molar-refractivity contribution in [2.45, 2.75) is 56.5 Å². The van der Waals surface area contributed by atoms with Crippen molar-refractivity contribution in [3.05, 3.63) is 23.8 Å². The Morgan fingerprint density at radius 3 is 2.63 bits per heavy atom. The molecule has 3 rings (SSSR count). The van der Waals surface area contributed by atoms with E-state index in [-0.39, 0.29) is 11.9 Å². The quantitative estimate of drug-likeness (QED) is 0.859. The summed E-state index contributed by atoms with van der Waals surface area (Å²) in [5.41, 5.74) is 6.36. The summed E-state index contributed by atoms with van der Waals surface area (Å²) in [6, 6.07) is 2.23. The van der Waals surface area contributed by atoms with E-state index in [2.05, 4.69) is 15.3 Å². The lowest BCUT2D eigenvalue weighted by molar-refractivity contribution is 0.0920. The minimum Gasteiger partial charge on any atom is -0.348 e. The van der Waals surface area contributed by atoms with Crippen molar-refractivity contribution in [3.8, 4) is 0 Å². The molecule has 2 aliphatic rings. The highest BCUT2D eigenvalue weighted by Crippen LogP contribution is 2.37. The minimum atomic E-state index is -0.0789. The molecule has 0 saturated heterocycles. The van der Waals surface area contributed by atoms with Gasteiger partial charge in [0.05, 0.1) is 0 Å². The molecule has 0 aliphatic heterocycles. The Hall–Kier alpha value is -1.49. The van der Waals surface area contributed by atoms with Crippen LogP contribution in [-0.2, 0) is 0 Å². The lowest BCUT2D eigenvalue weighted by atomic mass is 9.92. The molecule has 0 radical (unpaired) electrons. The van der Waals surface area contributed by atoms with Crippen LogP contribution in [0.3, 0.4) is 0 Å². The zero-order chi connectivity index (χ0) is 13.2. The lowest BCUT2D eigenvalue weighted by Crippen LogP contribution is -2.40. The zero-order valence-electron chi connectivity index (χ0n) is 11.0. The molecule has 2 saturated carbocycles. The average Bonchev–Trinajstić information content (AvgIpc) is 3.26. The van der Waals surface area contributed by atoms with Gasteiger partial charge in [-0.25, -0.2) is 9.97 Å². The number of aromatic nitrogens is 2. The molecule has 102 valence electrons. The number of hydrogen-bond donors (Lipinski definition) is 2. The molecule has 0 atom stereocenters. The van der Waals surface area contributed by atoms with E-state index >= 15 is 0 Å². The van der Waals surface area contributed by atoms with Gasteiger partial charge in [0.15, 0.2) is 0 Å². The molecular weight excluding hydrogens is 240 g/mol. The van der Waals surface area contributed by atoms with Crippen molar-refractivity contribution < 1.29 is 4.79 Å². The SMILES string of the molecule is NC1CCC(NC(=O)c2ccnc(C3CC3)n2)CC1. The number of amides is 1. The first-order valence-corrected chi connectivity index (χ1v) is 7.12. The second-order valence-electron chi connectivity index (χ2n) is 5.66. The number of rotatable bonds is 3. The van der Waals surface area contributed by atoms with E-state index in [0.29, 0.717) is 17.7 Å². The lowest BCUT2D eigenvalue weighted by Gasteiger charge is -2.26. The van der Waals surface area contributed by atoms with Crippen LogP contribution in [0.2, 0.25) is 0 Å². The van der Waals surface area contributed by atoms with Gasteiger partial charge >= 0.3 is 0 Å². The summed E-state index contributed by atoms with van der Waals surface area (Å²) in [4.78, 5) is 20.8. The van der Waals surface area contributed by atoms with Crippen LogP contribution in [0.25, 0.3) is 0 Å². The van der Waals surface area contributed by atoms with E-state index in [1.807, 2.05) is 0 Å². The molecule has 19 heavy (non-hydrogen) atoms. The van der Waals surface area contributed by atoms with Crippen LogP contribution < -0.4 is 11.1 Å². The van der Waals surface area contributed by atoms with Gasteiger partial charge < -0.3 is 11.1 Å². The molecule has 1 amide bonds. The normalized spacial score (nSPS) is 27.0. The first-order valence-electron chi connectivity index (χ1n) is 7.12. The monoisotopic (exact) mass is 260 g/mol. The van der Waals surface area contributed by atoms with E-state index in [1.165, 1.54) is 0 Å². The Labute approximate surface area is 113 Å². The maximum Gasteiger partial charge on any atom is 0.270 e. The predicted molar refractivity (Wildman–Crippen MR) is 71.7 cm³/mol. The molecule has 0 aromatic carbocycles. The van der Waals surface area contributed by atoms with Gasteiger partial charge in [-0.15, -0.1) is 0 Å². The largest absolute Gasteiger partial charge is 0.348 e. The van der Waals surface area contributed by atoms with Crippen molar-refractivity contribution in [1.29, 1.82) is 0 Å². The number of carbonyl (C=O) groups is 1. The van der Waals surface area contributed by atoms with Crippen molar-refractivity contribution in [3.63, 3.8) is 0 Å². The van der Waals surface area contributed by atoms with Gasteiger partial charge in [0.1, 0.15) is 11.5 Å². The van der Waals surface area contributed by atoms with Crippen molar-refractivity contribution >= 4 is 5.91 Å². The van der Waals surface area contributed by atoms with Gasteiger partial charge in [-0.3, -0.25) is 4.79 Å². The fourth-order valence-electron chi connectivity index (χ4n) is 2.56. The summed E-state index contributed by atoms with van der Waals surface area (Å²) < 4.78 is 0. The molecule has 2 fully saturated rings. The maximum atomic E-state index is 12.2. The maximum absolute atomic E-state index is 12.2. The third kappa shape index (κ3) is 3.10. The van der Waals surface area contributed by atoms with Crippen LogP contribution in [0.5, 0.6) is 0 Å². The van der Waals surface area contributed by atoms with Gasteiger partial charge in [-0.05, 0) is 44.6 Å². The topological polar surface area (TPSA) is 80.9 Å². The van der Waals surface area contributed by atoms with Crippen LogP contribution >= 0.6 is 0 Å². The van der Waals surface area contributed by atoms with E-state index in [1.54, 1.807) is 12.3 Å². The second-order valence-corrected chi connectivity index (χ2v) is 5.66. The summed E-state index contributed by atoms with van der Waals surface area (Å²) in [7, 11) is 0. The molecule has 2 aliphatic carbocycles. The van der Waals surface area contributed by atoms with Gasteiger partial charge in [0, 0.05) is 24.2 Å². The Kier molecular flexibility index (Phi) is 3.46. The fraction of sp³-hybridized carbons (Fsp3) is 0.643. The van der Waals surface area contributed by atoms with Gasteiger partial charge in [0.25, 0.3) is 5.91 Å². The Balaban J connectivity index is 1.61. The summed E-state index contributed by atoms with van der Waals surface area (Å²) in [6.45, 7) is 0. The standard InChI is InChI=1S/C14H20N4O/c15-10-3-5-11(6-4-10)17-14(19)12-7-8-16-13(18-12)9-1-2-9/h7-11H,1-6,15H2,(H,17,19). The van der Waals surface area contributed by atoms with Crippen LogP contribution in [0.1, 0.15) is 60.8 Å². The van der Waals surface area contributed by atoms with Gasteiger partial charge in [-0.2, -0.15) is 0 Å². The second kappa shape index (κ2) is 5.25. The molecule has 0 bridgehead atoms. The van der Waals surface area contributed by atoms with E-state index < -0.39 is 0 Å². The summed E-state index contributed by atoms with van der Waals surface area (Å²) in [5, 5.41) is 3.06. The first kappa shape index (κ1) is 12.5. The Morgan fingerprint density at radius 2 is 1.95 bits per heavy atom. The highest BCUT2D eigenvalue weighted by Gasteiger charge is 2.27. The number of hydrogen-bond acceptors (Lipinski definition) is 4. The Morgan fingerprint density at radius 1 is 1.21 bits per heavy atom. The first-order chi connectivity index (χ1) is 9.22. The van der Waals surface area contributed by atoms with Crippen LogP contribution in [0.15, 0.2) is 12.3 Å². The number of nitrogens with one attached hydrogen (secondary N) is 1. The van der Waals surface area contributed by atoms with Gasteiger partial charge in [-0.1, -0.05) is 0 Å². The van der Waals surface area contributed by atoms with Crippen molar-refractivity contribution in [2.24, 2.45) is 5.73 Å². The summed E-state index contributed by atoms with van der Waals surface area (Å²) in [5.74, 6) is 1.21. The highest BCUT2D eigenvalue weighted by atomic mass is 16.1. The van der Waals surface area contributed by atoms with Crippen LogP contribution in [0, 0.1) is 0 Å². The summed E-state index contributed by atoms with van der Waals surface area (Å²) >= 11 is 0. The highest BCUT2D eigenvalue weighted by molar-refractivity contribution is 5.92. The third-order valence-electron chi connectivity index (χ3n) is 3.96. The number of carbonyl (C=O) groups excluding carboxylic acids is 1. The van der Waals surface area contributed by atoms with Crippen molar-refractivity contribution in [1.82, 2.24) is 15.3 Å². The molecule has 0 unspecified atom stereocenters.